The standard InChI is InChI=1S/C17H15NO2/c18-17(19)8-4-7-14-9-11-16(12-10-14)20-13-15-5-2-1-3-6-15/h1-3,5-6,9-12H,8,13H2,(H2,18,19). The largest absolute Gasteiger partial charge is 0.489 e. The third-order valence-electron chi connectivity index (χ3n) is 2.60. The van der Waals surface area contributed by atoms with Crippen molar-refractivity contribution >= 4 is 5.91 Å². The van der Waals surface area contributed by atoms with Crippen LogP contribution in [0, 0.1) is 11.8 Å². The second-order valence-electron chi connectivity index (χ2n) is 4.24. The van der Waals surface area contributed by atoms with Gasteiger partial charge in [0.15, 0.2) is 0 Å². The van der Waals surface area contributed by atoms with E-state index in [0.717, 1.165) is 16.9 Å². The number of hydrogen-bond acceptors (Lipinski definition) is 2. The first-order valence-electron chi connectivity index (χ1n) is 6.28. The van der Waals surface area contributed by atoms with Crippen LogP contribution in [-0.4, -0.2) is 5.91 Å². The van der Waals surface area contributed by atoms with Gasteiger partial charge in [0.05, 0.1) is 6.42 Å². The second-order valence-corrected chi connectivity index (χ2v) is 4.24. The molecule has 0 atom stereocenters. The van der Waals surface area contributed by atoms with Gasteiger partial charge in [-0.1, -0.05) is 42.2 Å². The van der Waals surface area contributed by atoms with E-state index in [1.807, 2.05) is 54.6 Å². The van der Waals surface area contributed by atoms with Gasteiger partial charge in [0.25, 0.3) is 0 Å². The maximum absolute atomic E-state index is 10.6. The fraction of sp³-hybridized carbons (Fsp3) is 0.118. The number of hydrogen-bond donors (Lipinski definition) is 1. The molecule has 0 aliphatic heterocycles. The Morgan fingerprint density at radius 1 is 1.05 bits per heavy atom. The van der Waals surface area contributed by atoms with Crippen LogP contribution in [0.2, 0.25) is 0 Å². The van der Waals surface area contributed by atoms with Crippen LogP contribution in [0.4, 0.5) is 0 Å². The summed E-state index contributed by atoms with van der Waals surface area (Å²) >= 11 is 0. The van der Waals surface area contributed by atoms with Crippen molar-refractivity contribution in [2.45, 2.75) is 13.0 Å². The molecule has 1 amide bonds. The molecule has 0 heterocycles. The first-order valence-corrected chi connectivity index (χ1v) is 6.28. The van der Waals surface area contributed by atoms with E-state index in [9.17, 15) is 4.79 Å². The molecule has 3 nitrogen and oxygen atoms in total. The molecule has 0 saturated carbocycles. The van der Waals surface area contributed by atoms with Gasteiger partial charge < -0.3 is 10.5 Å². The number of rotatable bonds is 4. The number of amides is 1. The Balaban J connectivity index is 1.91. The third kappa shape index (κ3) is 4.51. The molecule has 2 aromatic carbocycles. The van der Waals surface area contributed by atoms with Gasteiger partial charge >= 0.3 is 0 Å². The Bertz CT molecular complexity index is 622. The zero-order valence-electron chi connectivity index (χ0n) is 11.0. The molecule has 0 unspecified atom stereocenters. The Morgan fingerprint density at radius 2 is 1.75 bits per heavy atom. The molecule has 0 aliphatic rings. The monoisotopic (exact) mass is 265 g/mol. The molecule has 2 rings (SSSR count). The van der Waals surface area contributed by atoms with Crippen molar-refractivity contribution in [1.29, 1.82) is 0 Å². The minimum atomic E-state index is -0.416. The van der Waals surface area contributed by atoms with Crippen molar-refractivity contribution in [1.82, 2.24) is 0 Å². The Morgan fingerprint density at radius 3 is 2.40 bits per heavy atom. The van der Waals surface area contributed by atoms with Gasteiger partial charge in [-0.05, 0) is 29.8 Å². The van der Waals surface area contributed by atoms with Gasteiger partial charge in [-0.2, -0.15) is 0 Å². The number of benzene rings is 2. The molecular weight excluding hydrogens is 250 g/mol. The fourth-order valence-corrected chi connectivity index (χ4v) is 1.61. The van der Waals surface area contributed by atoms with Crippen LogP contribution in [0.1, 0.15) is 17.5 Å². The van der Waals surface area contributed by atoms with E-state index in [0.29, 0.717) is 6.61 Å². The SMILES string of the molecule is NC(=O)CC#Cc1ccc(OCc2ccccc2)cc1. The summed E-state index contributed by atoms with van der Waals surface area (Å²) in [5.41, 5.74) is 6.97. The van der Waals surface area contributed by atoms with E-state index in [4.69, 9.17) is 10.5 Å². The van der Waals surface area contributed by atoms with Crippen LogP contribution in [0.3, 0.4) is 0 Å². The van der Waals surface area contributed by atoms with E-state index < -0.39 is 5.91 Å². The van der Waals surface area contributed by atoms with E-state index in [-0.39, 0.29) is 6.42 Å². The van der Waals surface area contributed by atoms with E-state index in [1.165, 1.54) is 0 Å². The lowest BCUT2D eigenvalue weighted by Gasteiger charge is -2.05. The smallest absolute Gasteiger partial charge is 0.229 e. The maximum atomic E-state index is 10.6. The highest BCUT2D eigenvalue weighted by Crippen LogP contribution is 2.13. The number of ether oxygens (including phenoxy) is 1. The van der Waals surface area contributed by atoms with Gasteiger partial charge in [0.1, 0.15) is 12.4 Å². The van der Waals surface area contributed by atoms with Gasteiger partial charge in [0, 0.05) is 5.56 Å². The van der Waals surface area contributed by atoms with E-state index >= 15 is 0 Å². The zero-order valence-corrected chi connectivity index (χ0v) is 11.0. The van der Waals surface area contributed by atoms with Crippen molar-refractivity contribution in [2.75, 3.05) is 0 Å². The highest BCUT2D eigenvalue weighted by atomic mass is 16.5. The summed E-state index contributed by atoms with van der Waals surface area (Å²) in [6.07, 6.45) is 0.0757. The summed E-state index contributed by atoms with van der Waals surface area (Å²) in [6, 6.07) is 17.4. The van der Waals surface area contributed by atoms with Crippen LogP contribution in [0.25, 0.3) is 0 Å². The molecule has 2 N–H and O–H groups in total. The second kappa shape index (κ2) is 7.01. The molecule has 0 fully saturated rings. The van der Waals surface area contributed by atoms with Gasteiger partial charge in [-0.15, -0.1) is 0 Å². The number of primary amides is 1. The van der Waals surface area contributed by atoms with Crippen molar-refractivity contribution in [3.8, 4) is 17.6 Å². The van der Waals surface area contributed by atoms with Crippen molar-refractivity contribution in [2.24, 2.45) is 5.73 Å². The van der Waals surface area contributed by atoms with Crippen LogP contribution < -0.4 is 10.5 Å². The Labute approximate surface area is 118 Å². The summed E-state index contributed by atoms with van der Waals surface area (Å²) in [6.45, 7) is 0.535. The van der Waals surface area contributed by atoms with Crippen LogP contribution in [-0.2, 0) is 11.4 Å². The first kappa shape index (κ1) is 13.7. The van der Waals surface area contributed by atoms with E-state index in [1.54, 1.807) is 0 Å². The predicted molar refractivity (Wildman–Crippen MR) is 77.9 cm³/mol. The Kier molecular flexibility index (Phi) is 4.80. The lowest BCUT2D eigenvalue weighted by atomic mass is 10.2. The summed E-state index contributed by atoms with van der Waals surface area (Å²) in [5, 5.41) is 0. The summed E-state index contributed by atoms with van der Waals surface area (Å²) in [7, 11) is 0. The van der Waals surface area contributed by atoms with Crippen molar-refractivity contribution in [3.05, 3.63) is 65.7 Å². The highest BCUT2D eigenvalue weighted by molar-refractivity contribution is 5.76. The van der Waals surface area contributed by atoms with Crippen LogP contribution in [0.5, 0.6) is 5.75 Å². The minimum Gasteiger partial charge on any atom is -0.489 e. The topological polar surface area (TPSA) is 52.3 Å². The number of carbonyl (C=O) groups excluding carboxylic acids is 1. The van der Waals surface area contributed by atoms with Crippen LogP contribution >= 0.6 is 0 Å². The average Bonchev–Trinajstić information content (AvgIpc) is 2.47. The molecule has 100 valence electrons. The van der Waals surface area contributed by atoms with E-state index in [2.05, 4.69) is 11.8 Å². The molecule has 20 heavy (non-hydrogen) atoms. The van der Waals surface area contributed by atoms with Crippen molar-refractivity contribution < 1.29 is 9.53 Å². The summed E-state index contributed by atoms with van der Waals surface area (Å²) < 4.78 is 5.67. The highest BCUT2D eigenvalue weighted by Gasteiger charge is 1.95. The molecule has 3 heteroatoms. The minimum absolute atomic E-state index is 0.0757. The quantitative estimate of drug-likeness (QED) is 0.863. The third-order valence-corrected chi connectivity index (χ3v) is 2.60. The Hall–Kier alpha value is -2.73. The molecule has 0 saturated heterocycles. The molecule has 0 bridgehead atoms. The van der Waals surface area contributed by atoms with Gasteiger partial charge in [-0.25, -0.2) is 0 Å². The molecular formula is C17H15NO2. The molecule has 0 radical (unpaired) electrons. The predicted octanol–water partition coefficient (Wildman–Crippen LogP) is 2.49. The first-order chi connectivity index (χ1) is 9.74. The fourth-order valence-electron chi connectivity index (χ4n) is 1.61. The number of nitrogens with two attached hydrogens (primary N) is 1. The van der Waals surface area contributed by atoms with Gasteiger partial charge in [0.2, 0.25) is 5.91 Å². The normalized spacial score (nSPS) is 9.40. The molecule has 2 aromatic rings. The average molecular weight is 265 g/mol. The number of carbonyl (C=O) groups is 1. The van der Waals surface area contributed by atoms with Crippen molar-refractivity contribution in [3.63, 3.8) is 0 Å². The summed E-state index contributed by atoms with van der Waals surface area (Å²) in [5.74, 6) is 5.95. The molecule has 0 aliphatic carbocycles. The zero-order chi connectivity index (χ0) is 14.2. The summed E-state index contributed by atoms with van der Waals surface area (Å²) in [4.78, 5) is 10.6. The molecule has 0 spiro atoms. The van der Waals surface area contributed by atoms with Gasteiger partial charge in [-0.3, -0.25) is 4.79 Å². The van der Waals surface area contributed by atoms with Crippen LogP contribution in [0.15, 0.2) is 54.6 Å². The maximum Gasteiger partial charge on any atom is 0.229 e. The molecule has 0 aromatic heterocycles. The lowest BCUT2D eigenvalue weighted by Crippen LogP contribution is -2.08. The lowest BCUT2D eigenvalue weighted by molar-refractivity contribution is -0.117.